The summed E-state index contributed by atoms with van der Waals surface area (Å²) in [5, 5.41) is 5.66. The number of nitrogens with one attached hydrogen (secondary N) is 2. The van der Waals surface area contributed by atoms with Gasteiger partial charge in [0.25, 0.3) is 0 Å². The normalized spacial score (nSPS) is 14.2. The van der Waals surface area contributed by atoms with Crippen LogP contribution >= 0.6 is 0 Å². The van der Waals surface area contributed by atoms with Crippen LogP contribution in [0.5, 0.6) is 0 Å². The van der Waals surface area contributed by atoms with Crippen LogP contribution in [0.2, 0.25) is 0 Å². The van der Waals surface area contributed by atoms with Crippen molar-refractivity contribution in [3.05, 3.63) is 83.9 Å². The first kappa shape index (κ1) is 38.0. The smallest absolute Gasteiger partial charge is 0.408 e. The van der Waals surface area contributed by atoms with Crippen LogP contribution in [0.1, 0.15) is 91.5 Å². The number of esters is 1. The minimum Gasteiger partial charge on any atom is -0.458 e. The van der Waals surface area contributed by atoms with Crippen LogP contribution < -0.4 is 10.6 Å². The maximum Gasteiger partial charge on any atom is 0.408 e. The van der Waals surface area contributed by atoms with E-state index in [4.69, 9.17) is 9.47 Å². The standard InChI is InChI=1S/C37H53N3O6/c1-11-23-40(33(42)30(25(4)12-2)39-35(44)46-37(8,9)10)31(28-21-19-26(13-3)20-22-28)32(41)38-29(34(43)45-36(5,6)7)24-27-17-15-14-16-18-27/h11,14-22,25,29-31H,1,12-13,23-24H2,2-10H3,(H,38,41)(H,39,44). The number of hydrogen-bond acceptors (Lipinski definition) is 6. The van der Waals surface area contributed by atoms with Crippen molar-refractivity contribution in [1.82, 2.24) is 15.5 Å². The van der Waals surface area contributed by atoms with Gasteiger partial charge in [-0.1, -0.05) is 87.9 Å². The van der Waals surface area contributed by atoms with Crippen LogP contribution in [-0.2, 0) is 36.7 Å². The maximum atomic E-state index is 14.4. The van der Waals surface area contributed by atoms with Crippen LogP contribution in [-0.4, -0.2) is 58.6 Å². The number of nitrogens with zero attached hydrogens (tertiary/aromatic N) is 1. The molecule has 252 valence electrons. The van der Waals surface area contributed by atoms with Crippen molar-refractivity contribution in [2.75, 3.05) is 6.54 Å². The third-order valence-electron chi connectivity index (χ3n) is 7.31. The second-order valence-electron chi connectivity index (χ2n) is 13.6. The van der Waals surface area contributed by atoms with Crippen molar-refractivity contribution in [1.29, 1.82) is 0 Å². The van der Waals surface area contributed by atoms with E-state index in [1.165, 1.54) is 11.0 Å². The lowest BCUT2D eigenvalue weighted by Crippen LogP contribution is -2.56. The first-order valence-corrected chi connectivity index (χ1v) is 16.1. The second kappa shape index (κ2) is 17.0. The first-order chi connectivity index (χ1) is 21.5. The number of amides is 3. The summed E-state index contributed by atoms with van der Waals surface area (Å²) in [7, 11) is 0. The van der Waals surface area contributed by atoms with E-state index in [1.54, 1.807) is 41.5 Å². The lowest BCUT2D eigenvalue weighted by atomic mass is 9.95. The third-order valence-corrected chi connectivity index (χ3v) is 7.31. The van der Waals surface area contributed by atoms with E-state index in [2.05, 4.69) is 17.2 Å². The molecule has 0 aliphatic heterocycles. The van der Waals surface area contributed by atoms with Gasteiger partial charge >= 0.3 is 12.1 Å². The minimum absolute atomic E-state index is 0.00513. The Balaban J connectivity index is 2.61. The zero-order chi connectivity index (χ0) is 34.7. The highest BCUT2D eigenvalue weighted by molar-refractivity contribution is 5.94. The molecule has 2 aromatic rings. The van der Waals surface area contributed by atoms with Gasteiger partial charge in [0.1, 0.15) is 29.3 Å². The highest BCUT2D eigenvalue weighted by Gasteiger charge is 2.39. The predicted octanol–water partition coefficient (Wildman–Crippen LogP) is 6.31. The summed E-state index contributed by atoms with van der Waals surface area (Å²) < 4.78 is 11.2. The van der Waals surface area contributed by atoms with E-state index in [0.29, 0.717) is 12.0 Å². The number of carbonyl (C=O) groups is 4. The summed E-state index contributed by atoms with van der Waals surface area (Å²) in [6.07, 6.45) is 2.36. The molecule has 0 radical (unpaired) electrons. The van der Waals surface area contributed by atoms with E-state index < -0.39 is 53.2 Å². The zero-order valence-corrected chi connectivity index (χ0v) is 29.0. The number of alkyl carbamates (subject to hydrolysis) is 1. The molecule has 0 saturated heterocycles. The number of hydrogen-bond donors (Lipinski definition) is 2. The van der Waals surface area contributed by atoms with E-state index in [1.807, 2.05) is 75.4 Å². The molecule has 4 unspecified atom stereocenters. The molecular formula is C37H53N3O6. The lowest BCUT2D eigenvalue weighted by Gasteiger charge is -2.36. The Morgan fingerprint density at radius 2 is 1.43 bits per heavy atom. The van der Waals surface area contributed by atoms with E-state index in [0.717, 1.165) is 17.5 Å². The van der Waals surface area contributed by atoms with Crippen LogP contribution in [0, 0.1) is 5.92 Å². The Morgan fingerprint density at radius 3 is 1.93 bits per heavy atom. The Bertz CT molecular complexity index is 1310. The van der Waals surface area contributed by atoms with Gasteiger partial charge in [-0.05, 0) is 70.6 Å². The maximum absolute atomic E-state index is 14.4. The van der Waals surface area contributed by atoms with E-state index in [-0.39, 0.29) is 18.9 Å². The molecule has 0 aliphatic carbocycles. The Labute approximate surface area is 275 Å². The minimum atomic E-state index is -1.15. The molecule has 0 saturated carbocycles. The fraction of sp³-hybridized carbons (Fsp3) is 0.514. The van der Waals surface area contributed by atoms with Gasteiger partial charge in [0, 0.05) is 13.0 Å². The SMILES string of the molecule is C=CCN(C(=O)C(NC(=O)OC(C)(C)C)C(C)CC)C(C(=O)NC(Cc1ccccc1)C(=O)OC(C)(C)C)c1ccc(CC)cc1. The molecule has 4 atom stereocenters. The van der Waals surface area contributed by atoms with E-state index in [9.17, 15) is 19.2 Å². The van der Waals surface area contributed by atoms with Crippen molar-refractivity contribution in [2.45, 2.75) is 111 Å². The topological polar surface area (TPSA) is 114 Å². The summed E-state index contributed by atoms with van der Waals surface area (Å²) in [6.45, 7) is 20.2. The molecule has 0 aromatic heterocycles. The van der Waals surface area contributed by atoms with Gasteiger partial charge in [0.05, 0.1) is 0 Å². The van der Waals surface area contributed by atoms with Crippen LogP contribution in [0.3, 0.4) is 0 Å². The third kappa shape index (κ3) is 12.0. The van der Waals surface area contributed by atoms with Gasteiger partial charge < -0.3 is 25.0 Å². The van der Waals surface area contributed by atoms with E-state index >= 15 is 0 Å². The molecule has 9 heteroatoms. The van der Waals surface area contributed by atoms with Crippen molar-refractivity contribution in [3.63, 3.8) is 0 Å². The summed E-state index contributed by atoms with van der Waals surface area (Å²) in [5.74, 6) is -1.91. The molecule has 2 N–H and O–H groups in total. The average molecular weight is 636 g/mol. The van der Waals surface area contributed by atoms with Crippen molar-refractivity contribution < 1.29 is 28.7 Å². The number of rotatable bonds is 14. The summed E-state index contributed by atoms with van der Waals surface area (Å²) in [5.41, 5.74) is 0.887. The monoisotopic (exact) mass is 635 g/mol. The Morgan fingerprint density at radius 1 is 0.848 bits per heavy atom. The number of carbonyl (C=O) groups excluding carboxylic acids is 4. The predicted molar refractivity (Wildman–Crippen MR) is 181 cm³/mol. The number of benzene rings is 2. The quantitative estimate of drug-likeness (QED) is 0.186. The van der Waals surface area contributed by atoms with Crippen LogP contribution in [0.25, 0.3) is 0 Å². The van der Waals surface area contributed by atoms with Gasteiger partial charge in [-0.2, -0.15) is 0 Å². The molecule has 46 heavy (non-hydrogen) atoms. The molecule has 9 nitrogen and oxygen atoms in total. The average Bonchev–Trinajstić information content (AvgIpc) is 2.97. The molecule has 2 aromatic carbocycles. The molecule has 0 spiro atoms. The molecule has 3 amide bonds. The zero-order valence-electron chi connectivity index (χ0n) is 29.0. The Kier molecular flexibility index (Phi) is 14.0. The molecule has 0 bridgehead atoms. The first-order valence-electron chi connectivity index (χ1n) is 16.1. The fourth-order valence-electron chi connectivity index (χ4n) is 4.83. The van der Waals surface area contributed by atoms with Crippen LogP contribution in [0.4, 0.5) is 4.79 Å². The summed E-state index contributed by atoms with van der Waals surface area (Å²) in [4.78, 5) is 56.5. The highest BCUT2D eigenvalue weighted by atomic mass is 16.6. The second-order valence-corrected chi connectivity index (χ2v) is 13.6. The molecule has 2 rings (SSSR count). The molecule has 0 heterocycles. The molecule has 0 fully saturated rings. The highest BCUT2D eigenvalue weighted by Crippen LogP contribution is 2.26. The largest absolute Gasteiger partial charge is 0.458 e. The van der Waals surface area contributed by atoms with Gasteiger partial charge in [-0.15, -0.1) is 6.58 Å². The van der Waals surface area contributed by atoms with Gasteiger partial charge in [0.15, 0.2) is 0 Å². The Hall–Kier alpha value is -4.14. The lowest BCUT2D eigenvalue weighted by molar-refractivity contribution is -0.159. The van der Waals surface area contributed by atoms with Crippen molar-refractivity contribution in [2.24, 2.45) is 5.92 Å². The summed E-state index contributed by atoms with van der Waals surface area (Å²) in [6, 6.07) is 13.6. The van der Waals surface area contributed by atoms with Crippen molar-refractivity contribution in [3.8, 4) is 0 Å². The number of aryl methyl sites for hydroxylation is 1. The fourth-order valence-corrected chi connectivity index (χ4v) is 4.83. The molecule has 0 aliphatic rings. The molecular weight excluding hydrogens is 582 g/mol. The van der Waals surface area contributed by atoms with Gasteiger partial charge in [-0.25, -0.2) is 9.59 Å². The summed E-state index contributed by atoms with van der Waals surface area (Å²) >= 11 is 0. The van der Waals surface area contributed by atoms with Crippen LogP contribution in [0.15, 0.2) is 67.3 Å². The van der Waals surface area contributed by atoms with Crippen molar-refractivity contribution >= 4 is 23.9 Å². The van der Waals surface area contributed by atoms with Gasteiger partial charge in [-0.3, -0.25) is 9.59 Å². The van der Waals surface area contributed by atoms with Gasteiger partial charge in [0.2, 0.25) is 11.8 Å². The number of ether oxygens (including phenoxy) is 2.